The molecule has 2 aromatic carbocycles. The first kappa shape index (κ1) is 20.9. The monoisotopic (exact) mass is 390 g/mol. The van der Waals surface area contributed by atoms with Crippen LogP contribution >= 0.6 is 0 Å². The quantitative estimate of drug-likeness (QED) is 0.689. The molecule has 27 heavy (non-hydrogen) atoms. The van der Waals surface area contributed by atoms with E-state index >= 15 is 0 Å². The number of carbonyl (C=O) groups is 1. The number of carbonyl (C=O) groups excluding carboxylic acids is 1. The third kappa shape index (κ3) is 6.08. The summed E-state index contributed by atoms with van der Waals surface area (Å²) < 4.78 is 32.4. The number of nitrogens with one attached hydrogen (secondary N) is 2. The van der Waals surface area contributed by atoms with Gasteiger partial charge in [0, 0.05) is 18.2 Å². The molecule has 1 amide bonds. The van der Waals surface area contributed by atoms with Crippen molar-refractivity contribution in [2.75, 3.05) is 7.11 Å². The number of methoxy groups -OCH3 is 1. The lowest BCUT2D eigenvalue weighted by atomic mass is 10.2. The van der Waals surface area contributed by atoms with Gasteiger partial charge in [0.2, 0.25) is 10.0 Å². The van der Waals surface area contributed by atoms with Gasteiger partial charge in [-0.1, -0.05) is 25.5 Å². The molecule has 0 aliphatic rings. The number of hydrogen-bond acceptors (Lipinski definition) is 4. The van der Waals surface area contributed by atoms with Crippen molar-refractivity contribution >= 4 is 15.9 Å². The van der Waals surface area contributed by atoms with E-state index in [-0.39, 0.29) is 16.8 Å². The molecular weight excluding hydrogens is 364 g/mol. The van der Waals surface area contributed by atoms with Gasteiger partial charge in [0.05, 0.1) is 12.0 Å². The van der Waals surface area contributed by atoms with E-state index in [0.29, 0.717) is 12.1 Å². The molecule has 1 atom stereocenters. The molecule has 1 unspecified atom stereocenters. The van der Waals surface area contributed by atoms with E-state index in [1.54, 1.807) is 7.11 Å². The number of hydrogen-bond donors (Lipinski definition) is 2. The summed E-state index contributed by atoms with van der Waals surface area (Å²) in [6, 6.07) is 13.2. The molecule has 0 aliphatic carbocycles. The zero-order valence-electron chi connectivity index (χ0n) is 15.9. The van der Waals surface area contributed by atoms with Crippen LogP contribution in [0.5, 0.6) is 5.75 Å². The Morgan fingerprint density at radius 2 is 1.70 bits per heavy atom. The average Bonchev–Trinajstić information content (AvgIpc) is 2.66. The van der Waals surface area contributed by atoms with Crippen LogP contribution in [0.15, 0.2) is 53.4 Å². The summed E-state index contributed by atoms with van der Waals surface area (Å²) in [7, 11) is -1.98. The summed E-state index contributed by atoms with van der Waals surface area (Å²) in [6.45, 7) is 4.21. The molecule has 6 nitrogen and oxygen atoms in total. The molecule has 0 aliphatic heterocycles. The summed E-state index contributed by atoms with van der Waals surface area (Å²) in [5.41, 5.74) is 1.35. The number of rotatable bonds is 9. The fourth-order valence-corrected chi connectivity index (χ4v) is 3.92. The van der Waals surface area contributed by atoms with Crippen molar-refractivity contribution in [3.63, 3.8) is 0 Å². The highest BCUT2D eigenvalue weighted by atomic mass is 32.2. The van der Waals surface area contributed by atoms with Gasteiger partial charge < -0.3 is 10.1 Å². The van der Waals surface area contributed by atoms with Gasteiger partial charge in [-0.05, 0) is 55.3 Å². The Labute approximate surface area is 161 Å². The molecule has 0 spiro atoms. The normalized spacial score (nSPS) is 12.4. The molecule has 0 aromatic heterocycles. The first-order valence-corrected chi connectivity index (χ1v) is 10.4. The Hall–Kier alpha value is -2.38. The molecule has 0 fully saturated rings. The maximum absolute atomic E-state index is 12.3. The minimum Gasteiger partial charge on any atom is -0.497 e. The van der Waals surface area contributed by atoms with Crippen LogP contribution in [0.3, 0.4) is 0 Å². The molecule has 0 bridgehead atoms. The predicted octanol–water partition coefficient (Wildman–Crippen LogP) is 3.09. The lowest BCUT2D eigenvalue weighted by molar-refractivity contribution is 0.0951. The topological polar surface area (TPSA) is 84.5 Å². The first-order chi connectivity index (χ1) is 12.9. The highest BCUT2D eigenvalue weighted by Gasteiger charge is 2.17. The van der Waals surface area contributed by atoms with Gasteiger partial charge in [-0.15, -0.1) is 0 Å². The van der Waals surface area contributed by atoms with Crippen LogP contribution in [0, 0.1) is 0 Å². The van der Waals surface area contributed by atoms with Crippen molar-refractivity contribution in [2.45, 2.75) is 44.2 Å². The van der Waals surface area contributed by atoms with E-state index in [4.69, 9.17) is 4.74 Å². The van der Waals surface area contributed by atoms with Gasteiger partial charge in [-0.3, -0.25) is 4.79 Å². The van der Waals surface area contributed by atoms with Crippen LogP contribution in [-0.2, 0) is 16.6 Å². The highest BCUT2D eigenvalue weighted by molar-refractivity contribution is 7.89. The van der Waals surface area contributed by atoms with Crippen molar-refractivity contribution in [1.29, 1.82) is 0 Å². The number of sulfonamides is 1. The fraction of sp³-hybridized carbons (Fsp3) is 0.350. The van der Waals surface area contributed by atoms with Gasteiger partial charge in [0.25, 0.3) is 5.91 Å². The SMILES string of the molecule is CCCC(C)NS(=O)(=O)c1ccc(C(=O)NCc2ccc(OC)cc2)cc1. The zero-order valence-corrected chi connectivity index (χ0v) is 16.7. The van der Waals surface area contributed by atoms with Gasteiger partial charge in [-0.2, -0.15) is 0 Å². The Kier molecular flexibility index (Phi) is 7.38. The first-order valence-electron chi connectivity index (χ1n) is 8.89. The molecule has 0 radical (unpaired) electrons. The number of amides is 1. The molecule has 2 rings (SSSR count). The maximum Gasteiger partial charge on any atom is 0.251 e. The van der Waals surface area contributed by atoms with Crippen molar-refractivity contribution in [3.05, 3.63) is 59.7 Å². The summed E-state index contributed by atoms with van der Waals surface area (Å²) >= 11 is 0. The van der Waals surface area contributed by atoms with E-state index in [2.05, 4.69) is 10.0 Å². The lowest BCUT2D eigenvalue weighted by Crippen LogP contribution is -2.32. The Morgan fingerprint density at radius 3 is 2.26 bits per heavy atom. The van der Waals surface area contributed by atoms with E-state index in [9.17, 15) is 13.2 Å². The van der Waals surface area contributed by atoms with E-state index in [1.165, 1.54) is 24.3 Å². The summed E-state index contributed by atoms with van der Waals surface area (Å²) in [6.07, 6.45) is 1.67. The standard InChI is InChI=1S/C20H26N2O4S/c1-4-5-15(2)22-27(24,25)19-12-8-17(9-13-19)20(23)21-14-16-6-10-18(26-3)11-7-16/h6-13,15,22H,4-5,14H2,1-3H3,(H,21,23). The van der Waals surface area contributed by atoms with Gasteiger partial charge >= 0.3 is 0 Å². The van der Waals surface area contributed by atoms with Crippen LogP contribution in [-0.4, -0.2) is 27.5 Å². The molecule has 2 N–H and O–H groups in total. The molecule has 146 valence electrons. The second kappa shape index (κ2) is 9.53. The third-order valence-electron chi connectivity index (χ3n) is 4.12. The van der Waals surface area contributed by atoms with Crippen molar-refractivity contribution in [1.82, 2.24) is 10.0 Å². The number of ether oxygens (including phenoxy) is 1. The fourth-order valence-electron chi connectivity index (χ4n) is 2.64. The van der Waals surface area contributed by atoms with Gasteiger partial charge in [0.1, 0.15) is 5.75 Å². The Bertz CT molecular complexity index is 847. The maximum atomic E-state index is 12.3. The smallest absolute Gasteiger partial charge is 0.251 e. The second-order valence-electron chi connectivity index (χ2n) is 6.37. The van der Waals surface area contributed by atoms with Crippen LogP contribution in [0.4, 0.5) is 0 Å². The van der Waals surface area contributed by atoms with Crippen LogP contribution in [0.1, 0.15) is 42.6 Å². The van der Waals surface area contributed by atoms with Crippen LogP contribution in [0.25, 0.3) is 0 Å². The molecular formula is C20H26N2O4S. The minimum absolute atomic E-state index is 0.132. The van der Waals surface area contributed by atoms with Gasteiger partial charge in [-0.25, -0.2) is 13.1 Å². The third-order valence-corrected chi connectivity index (χ3v) is 5.72. The largest absolute Gasteiger partial charge is 0.497 e. The summed E-state index contributed by atoms with van der Waals surface area (Å²) in [5.74, 6) is 0.491. The Balaban J connectivity index is 1.97. The highest BCUT2D eigenvalue weighted by Crippen LogP contribution is 2.13. The molecule has 7 heteroatoms. The summed E-state index contributed by atoms with van der Waals surface area (Å²) in [5, 5.41) is 2.82. The minimum atomic E-state index is -3.58. The Morgan fingerprint density at radius 1 is 1.07 bits per heavy atom. The van der Waals surface area contributed by atoms with E-state index < -0.39 is 10.0 Å². The molecule has 0 heterocycles. The molecule has 0 saturated carbocycles. The molecule has 2 aromatic rings. The zero-order chi connectivity index (χ0) is 19.9. The van der Waals surface area contributed by atoms with Crippen molar-refractivity contribution < 1.29 is 17.9 Å². The van der Waals surface area contributed by atoms with E-state index in [1.807, 2.05) is 38.1 Å². The summed E-state index contributed by atoms with van der Waals surface area (Å²) in [4.78, 5) is 12.4. The molecule has 0 saturated heterocycles. The average molecular weight is 391 g/mol. The van der Waals surface area contributed by atoms with Gasteiger partial charge in [0.15, 0.2) is 0 Å². The van der Waals surface area contributed by atoms with E-state index in [0.717, 1.165) is 24.2 Å². The lowest BCUT2D eigenvalue weighted by Gasteiger charge is -2.13. The van der Waals surface area contributed by atoms with Crippen LogP contribution < -0.4 is 14.8 Å². The predicted molar refractivity (Wildman–Crippen MR) is 105 cm³/mol. The van der Waals surface area contributed by atoms with Crippen molar-refractivity contribution in [2.24, 2.45) is 0 Å². The van der Waals surface area contributed by atoms with Crippen LogP contribution in [0.2, 0.25) is 0 Å². The second-order valence-corrected chi connectivity index (χ2v) is 8.08. The number of benzene rings is 2. The van der Waals surface area contributed by atoms with Crippen molar-refractivity contribution in [3.8, 4) is 5.75 Å².